The van der Waals surface area contributed by atoms with E-state index in [9.17, 15) is 9.60 Å². The Morgan fingerprint density at radius 2 is 2.26 bits per heavy atom. The van der Waals surface area contributed by atoms with Gasteiger partial charge in [0.1, 0.15) is 5.82 Å². The summed E-state index contributed by atoms with van der Waals surface area (Å²) in [4.78, 5) is 0. The second-order valence-electron chi connectivity index (χ2n) is 5.27. The Balaban J connectivity index is 1.65. The summed E-state index contributed by atoms with van der Waals surface area (Å²) in [7, 11) is 0. The van der Waals surface area contributed by atoms with E-state index in [1.807, 2.05) is 0 Å². The first-order valence-electron chi connectivity index (χ1n) is 7.70. The standard InChI is InChI=1S/C14H15BrFN9O2/c15-10-5-8(1-2-11(10)16)19-14(21-26)12-13(23-27-22-12)18-3-4-25-7-9(6-17)20-24-25/h1-2,5,7,26H,3-4,6,17H2,(H,18,23)(H,19,21). The van der Waals surface area contributed by atoms with Crippen LogP contribution in [0.5, 0.6) is 0 Å². The Morgan fingerprint density at radius 1 is 1.41 bits per heavy atom. The molecule has 0 aliphatic rings. The van der Waals surface area contributed by atoms with Gasteiger partial charge in [-0.2, -0.15) is 0 Å². The zero-order valence-electron chi connectivity index (χ0n) is 13.8. The van der Waals surface area contributed by atoms with Crippen LogP contribution < -0.4 is 16.4 Å². The minimum Gasteiger partial charge on any atom is -0.409 e. The normalized spacial score (nSPS) is 11.6. The van der Waals surface area contributed by atoms with Gasteiger partial charge < -0.3 is 21.6 Å². The van der Waals surface area contributed by atoms with E-state index >= 15 is 0 Å². The molecule has 3 rings (SSSR count). The predicted octanol–water partition coefficient (Wildman–Crippen LogP) is 1.38. The summed E-state index contributed by atoms with van der Waals surface area (Å²) in [5.41, 5.74) is 6.80. The van der Waals surface area contributed by atoms with E-state index in [1.54, 1.807) is 10.9 Å². The van der Waals surface area contributed by atoms with Crippen LogP contribution in [0.15, 0.2) is 38.7 Å². The molecule has 0 aliphatic heterocycles. The zero-order chi connectivity index (χ0) is 19.2. The molecule has 27 heavy (non-hydrogen) atoms. The number of benzene rings is 1. The Hall–Kier alpha value is -3.06. The van der Waals surface area contributed by atoms with Crippen LogP contribution in [0, 0.1) is 5.82 Å². The number of nitrogens with one attached hydrogen (secondary N) is 2. The maximum atomic E-state index is 13.3. The van der Waals surface area contributed by atoms with Crippen molar-refractivity contribution < 1.29 is 14.2 Å². The number of rotatable bonds is 7. The molecule has 0 spiro atoms. The highest BCUT2D eigenvalue weighted by Crippen LogP contribution is 2.21. The summed E-state index contributed by atoms with van der Waals surface area (Å²) in [6.45, 7) is 1.23. The minimum absolute atomic E-state index is 0.0246. The lowest BCUT2D eigenvalue weighted by Gasteiger charge is -2.08. The van der Waals surface area contributed by atoms with E-state index in [0.717, 1.165) is 0 Å². The molecule has 0 amide bonds. The van der Waals surface area contributed by atoms with E-state index in [4.69, 9.17) is 10.4 Å². The summed E-state index contributed by atoms with van der Waals surface area (Å²) in [6.07, 6.45) is 1.73. The van der Waals surface area contributed by atoms with E-state index in [1.165, 1.54) is 18.2 Å². The van der Waals surface area contributed by atoms with Crippen molar-refractivity contribution in [2.75, 3.05) is 17.2 Å². The quantitative estimate of drug-likeness (QED) is 0.185. The summed E-state index contributed by atoms with van der Waals surface area (Å²) >= 11 is 3.09. The summed E-state index contributed by atoms with van der Waals surface area (Å²) in [5, 5.41) is 33.6. The van der Waals surface area contributed by atoms with Crippen molar-refractivity contribution in [1.29, 1.82) is 0 Å². The van der Waals surface area contributed by atoms with Crippen molar-refractivity contribution in [2.45, 2.75) is 13.1 Å². The lowest BCUT2D eigenvalue weighted by atomic mass is 10.3. The molecule has 0 radical (unpaired) electrons. The summed E-state index contributed by atoms with van der Waals surface area (Å²) in [6, 6.07) is 4.22. The number of hydrogen-bond donors (Lipinski definition) is 4. The summed E-state index contributed by atoms with van der Waals surface area (Å²) in [5.74, 6) is -0.182. The Labute approximate surface area is 160 Å². The Morgan fingerprint density at radius 3 is 2.96 bits per heavy atom. The summed E-state index contributed by atoms with van der Waals surface area (Å²) < 4.78 is 19.9. The molecule has 0 saturated heterocycles. The molecule has 0 atom stereocenters. The van der Waals surface area contributed by atoms with Gasteiger partial charge in [-0.15, -0.1) is 5.10 Å². The van der Waals surface area contributed by atoms with Crippen molar-refractivity contribution in [3.05, 3.63) is 46.1 Å². The van der Waals surface area contributed by atoms with Crippen LogP contribution in [0.2, 0.25) is 0 Å². The fourth-order valence-corrected chi connectivity index (χ4v) is 2.51. The van der Waals surface area contributed by atoms with Crippen LogP contribution in [0.1, 0.15) is 11.4 Å². The number of nitrogens with two attached hydrogens (primary N) is 1. The SMILES string of the molecule is NCc1cn(CCNc2nonc2C(=NO)Nc2ccc(F)c(Br)c2)nn1. The van der Waals surface area contributed by atoms with Crippen LogP contribution in [0.4, 0.5) is 15.9 Å². The number of nitrogens with zero attached hydrogens (tertiary/aromatic N) is 6. The smallest absolute Gasteiger partial charge is 0.203 e. The van der Waals surface area contributed by atoms with Gasteiger partial charge in [0.15, 0.2) is 5.69 Å². The molecule has 1 aromatic carbocycles. The van der Waals surface area contributed by atoms with E-state index < -0.39 is 5.82 Å². The Bertz CT molecular complexity index is 942. The van der Waals surface area contributed by atoms with Crippen LogP contribution >= 0.6 is 15.9 Å². The van der Waals surface area contributed by atoms with Crippen molar-refractivity contribution in [3.8, 4) is 0 Å². The maximum Gasteiger partial charge on any atom is 0.203 e. The highest BCUT2D eigenvalue weighted by molar-refractivity contribution is 9.10. The number of amidine groups is 1. The first-order chi connectivity index (χ1) is 13.1. The van der Waals surface area contributed by atoms with Gasteiger partial charge in [0.2, 0.25) is 11.7 Å². The van der Waals surface area contributed by atoms with Gasteiger partial charge in [0.05, 0.1) is 16.7 Å². The molecule has 5 N–H and O–H groups in total. The molecule has 11 nitrogen and oxygen atoms in total. The van der Waals surface area contributed by atoms with Crippen LogP contribution in [0.3, 0.4) is 0 Å². The molecule has 0 unspecified atom stereocenters. The van der Waals surface area contributed by atoms with Gasteiger partial charge in [0.25, 0.3) is 0 Å². The fourth-order valence-electron chi connectivity index (χ4n) is 2.13. The third-order valence-corrected chi connectivity index (χ3v) is 4.03. The first kappa shape index (κ1) is 18.7. The fraction of sp³-hybridized carbons (Fsp3) is 0.214. The largest absolute Gasteiger partial charge is 0.409 e. The van der Waals surface area contributed by atoms with E-state index in [2.05, 4.69) is 52.3 Å². The average Bonchev–Trinajstić information content (AvgIpc) is 3.32. The van der Waals surface area contributed by atoms with E-state index in [-0.39, 0.29) is 21.8 Å². The number of anilines is 2. The monoisotopic (exact) mass is 439 g/mol. The zero-order valence-corrected chi connectivity index (χ0v) is 15.4. The number of aromatic nitrogens is 5. The van der Waals surface area contributed by atoms with Gasteiger partial charge in [-0.25, -0.2) is 9.02 Å². The van der Waals surface area contributed by atoms with Crippen molar-refractivity contribution in [2.24, 2.45) is 10.9 Å². The number of hydrogen-bond acceptors (Lipinski definition) is 9. The minimum atomic E-state index is -0.417. The van der Waals surface area contributed by atoms with Gasteiger partial charge in [0, 0.05) is 25.0 Å². The van der Waals surface area contributed by atoms with Gasteiger partial charge in [-0.1, -0.05) is 10.4 Å². The molecule has 2 heterocycles. The van der Waals surface area contributed by atoms with Gasteiger partial charge in [-0.05, 0) is 44.4 Å². The van der Waals surface area contributed by atoms with Crippen LogP contribution in [-0.4, -0.2) is 42.9 Å². The highest BCUT2D eigenvalue weighted by Gasteiger charge is 2.18. The first-order valence-corrected chi connectivity index (χ1v) is 8.50. The molecule has 0 bridgehead atoms. The van der Waals surface area contributed by atoms with Crippen molar-refractivity contribution in [3.63, 3.8) is 0 Å². The molecule has 0 aliphatic carbocycles. The van der Waals surface area contributed by atoms with E-state index in [0.29, 0.717) is 31.0 Å². The maximum absolute atomic E-state index is 13.3. The molecule has 142 valence electrons. The predicted molar refractivity (Wildman–Crippen MR) is 96.7 cm³/mol. The second-order valence-corrected chi connectivity index (χ2v) is 6.12. The molecule has 3 aromatic rings. The van der Waals surface area contributed by atoms with Crippen molar-refractivity contribution >= 4 is 33.3 Å². The molecular formula is C14H15BrFN9O2. The third-order valence-electron chi connectivity index (χ3n) is 3.42. The lowest BCUT2D eigenvalue weighted by Crippen LogP contribution is -2.18. The van der Waals surface area contributed by atoms with Crippen LogP contribution in [0.25, 0.3) is 0 Å². The van der Waals surface area contributed by atoms with Gasteiger partial charge in [-0.3, -0.25) is 4.68 Å². The molecular weight excluding hydrogens is 425 g/mol. The lowest BCUT2D eigenvalue weighted by molar-refractivity contribution is 0.305. The number of oxime groups is 1. The van der Waals surface area contributed by atoms with Crippen molar-refractivity contribution in [1.82, 2.24) is 25.3 Å². The molecule has 13 heteroatoms. The third kappa shape index (κ3) is 4.57. The number of halogens is 2. The molecule has 2 aromatic heterocycles. The van der Waals surface area contributed by atoms with Crippen LogP contribution in [-0.2, 0) is 13.1 Å². The second kappa shape index (κ2) is 8.55. The van der Waals surface area contributed by atoms with Gasteiger partial charge >= 0.3 is 0 Å². The highest BCUT2D eigenvalue weighted by atomic mass is 79.9. The molecule has 0 saturated carbocycles. The topological polar surface area (TPSA) is 152 Å². The average molecular weight is 440 g/mol. The Kier molecular flexibility index (Phi) is 5.93. The molecule has 0 fully saturated rings.